The largest absolute Gasteiger partial charge is 0.542 e. The van der Waals surface area contributed by atoms with Gasteiger partial charge in [0.25, 0.3) is 0 Å². The number of aromatic nitrogens is 4. The molecule has 2 atom stereocenters. The van der Waals surface area contributed by atoms with E-state index in [0.29, 0.717) is 30.8 Å². The maximum atomic E-state index is 14.4. The Balaban J connectivity index is 0.000000675. The summed E-state index contributed by atoms with van der Waals surface area (Å²) >= 11 is 0. The first kappa shape index (κ1) is 27.9. The number of H-pyrrole nitrogens is 1. The molecular weight excluding hydrogens is 450 g/mol. The third kappa shape index (κ3) is 9.51. The first-order valence-electron chi connectivity index (χ1n) is 10.0. The molecule has 13 heteroatoms. The molecule has 1 aromatic heterocycles. The average molecular weight is 477 g/mol. The van der Waals surface area contributed by atoms with E-state index < -0.39 is 30.0 Å². The fourth-order valence-electron chi connectivity index (χ4n) is 3.18. The lowest BCUT2D eigenvalue weighted by atomic mass is 9.81. The molecule has 0 saturated heterocycles. The number of hydrogen-bond acceptors (Lipinski definition) is 6. The molecule has 0 amide bonds. The van der Waals surface area contributed by atoms with Crippen LogP contribution in [0.25, 0.3) is 0 Å². The van der Waals surface area contributed by atoms with Crippen LogP contribution in [-0.2, 0) is 22.6 Å². The number of benzene rings is 1. The molecule has 0 saturated carbocycles. The van der Waals surface area contributed by atoms with Crippen molar-refractivity contribution in [3.05, 3.63) is 41.0 Å². The van der Waals surface area contributed by atoms with Gasteiger partial charge in [0.1, 0.15) is 18.3 Å². The van der Waals surface area contributed by atoms with Gasteiger partial charge in [0, 0.05) is 11.5 Å². The standard InChI is InChI=1S/C18H26FN5O2.C2HF3O2/c1-11(2)7-15(18(25)26)14(17-20-22-23-21-17)8-12-5-6-13(10-24(3)4)16(19)9-12;3-2(4,5)1(6)7/h5-6,9,11,14-15H,7-8,10H2,1-4H3,(H,25,26)(H,20,21,22,23);(H,6,7)/t14-,15-;/m0./s1. The van der Waals surface area contributed by atoms with Gasteiger partial charge in [-0.3, -0.25) is 4.79 Å². The average Bonchev–Trinajstić information content (AvgIpc) is 3.20. The zero-order valence-corrected chi connectivity index (χ0v) is 18.6. The van der Waals surface area contributed by atoms with E-state index in [-0.39, 0.29) is 11.7 Å². The predicted octanol–water partition coefficient (Wildman–Crippen LogP) is 0.355. The highest BCUT2D eigenvalue weighted by atomic mass is 19.4. The zero-order chi connectivity index (χ0) is 25.3. The molecule has 0 fully saturated rings. The second kappa shape index (κ2) is 12.2. The summed E-state index contributed by atoms with van der Waals surface area (Å²) in [7, 11) is 3.92. The number of aliphatic carboxylic acids is 2. The number of aromatic amines is 1. The van der Waals surface area contributed by atoms with Gasteiger partial charge in [-0.05, 0) is 30.4 Å². The number of carboxylic acid groups (broad SMARTS) is 2. The summed E-state index contributed by atoms with van der Waals surface area (Å²) in [6.45, 7) is 4.54. The summed E-state index contributed by atoms with van der Waals surface area (Å²) in [6, 6.07) is 5.10. The van der Waals surface area contributed by atoms with Crippen LogP contribution in [0.15, 0.2) is 18.2 Å². The third-order valence-electron chi connectivity index (χ3n) is 4.57. The van der Waals surface area contributed by atoms with E-state index in [1.54, 1.807) is 6.07 Å². The highest BCUT2D eigenvalue weighted by Gasteiger charge is 2.33. The molecule has 184 valence electrons. The van der Waals surface area contributed by atoms with Crippen molar-refractivity contribution < 1.29 is 42.3 Å². The van der Waals surface area contributed by atoms with Crippen molar-refractivity contribution in [1.29, 1.82) is 0 Å². The van der Waals surface area contributed by atoms with Crippen LogP contribution in [0, 0.1) is 17.7 Å². The zero-order valence-electron chi connectivity index (χ0n) is 18.6. The lowest BCUT2D eigenvalue weighted by Crippen LogP contribution is -3.04. The van der Waals surface area contributed by atoms with Crippen LogP contribution in [0.2, 0.25) is 0 Å². The van der Waals surface area contributed by atoms with Crippen LogP contribution in [0.1, 0.15) is 43.1 Å². The van der Waals surface area contributed by atoms with Gasteiger partial charge in [-0.25, -0.2) is 4.39 Å². The first-order chi connectivity index (χ1) is 15.2. The highest BCUT2D eigenvalue weighted by molar-refractivity contribution is 5.71. The van der Waals surface area contributed by atoms with E-state index in [9.17, 15) is 27.5 Å². The van der Waals surface area contributed by atoms with E-state index in [1.807, 2.05) is 34.0 Å². The van der Waals surface area contributed by atoms with Crippen LogP contribution in [0.3, 0.4) is 0 Å². The number of rotatable bonds is 9. The van der Waals surface area contributed by atoms with Crippen LogP contribution in [0.4, 0.5) is 17.6 Å². The molecule has 1 heterocycles. The van der Waals surface area contributed by atoms with Gasteiger partial charge in [-0.2, -0.15) is 18.4 Å². The van der Waals surface area contributed by atoms with E-state index in [2.05, 4.69) is 20.6 Å². The van der Waals surface area contributed by atoms with Gasteiger partial charge < -0.3 is 19.9 Å². The van der Waals surface area contributed by atoms with Crippen molar-refractivity contribution in [2.75, 3.05) is 14.1 Å². The molecule has 9 nitrogen and oxygen atoms in total. The van der Waals surface area contributed by atoms with Crippen LogP contribution in [-0.4, -0.2) is 57.9 Å². The van der Waals surface area contributed by atoms with Crippen molar-refractivity contribution in [3.8, 4) is 0 Å². The maximum Gasteiger partial charge on any atom is 0.430 e. The number of tetrazole rings is 1. The molecule has 0 aliphatic carbocycles. The highest BCUT2D eigenvalue weighted by Crippen LogP contribution is 2.31. The number of alkyl halides is 3. The monoisotopic (exact) mass is 477 g/mol. The van der Waals surface area contributed by atoms with Crippen LogP contribution < -0.4 is 10.0 Å². The maximum absolute atomic E-state index is 14.4. The topological polar surface area (TPSA) is 136 Å². The quantitative estimate of drug-likeness (QED) is 0.444. The van der Waals surface area contributed by atoms with Gasteiger partial charge in [0.15, 0.2) is 5.82 Å². The Morgan fingerprint density at radius 3 is 2.24 bits per heavy atom. The predicted molar refractivity (Wildman–Crippen MR) is 105 cm³/mol. The molecule has 0 spiro atoms. The lowest BCUT2D eigenvalue weighted by Gasteiger charge is -2.23. The Morgan fingerprint density at radius 1 is 1.24 bits per heavy atom. The van der Waals surface area contributed by atoms with Crippen LogP contribution in [0.5, 0.6) is 0 Å². The summed E-state index contributed by atoms with van der Waals surface area (Å²) in [4.78, 5) is 21.8. The van der Waals surface area contributed by atoms with E-state index in [4.69, 9.17) is 9.90 Å². The minimum absolute atomic E-state index is 0.202. The van der Waals surface area contributed by atoms with Gasteiger partial charge in [-0.1, -0.05) is 31.2 Å². The summed E-state index contributed by atoms with van der Waals surface area (Å²) in [5.74, 6) is -4.77. The Bertz CT molecular complexity index is 904. The molecule has 3 N–H and O–H groups in total. The normalized spacial score (nSPS) is 13.4. The molecule has 0 unspecified atom stereocenters. The molecule has 0 radical (unpaired) electrons. The Labute approximate surface area is 187 Å². The third-order valence-corrected chi connectivity index (χ3v) is 4.57. The summed E-state index contributed by atoms with van der Waals surface area (Å²) in [6.07, 6.45) is -4.37. The molecular formula is C20H27F4N5O4. The minimum atomic E-state index is -5.19. The van der Waals surface area contributed by atoms with Crippen molar-refractivity contribution in [1.82, 2.24) is 20.6 Å². The second-order valence-corrected chi connectivity index (χ2v) is 8.25. The molecule has 0 aliphatic rings. The van der Waals surface area contributed by atoms with Gasteiger partial charge >= 0.3 is 12.1 Å². The number of halogens is 4. The van der Waals surface area contributed by atoms with E-state index in [0.717, 1.165) is 10.5 Å². The SMILES string of the molecule is CC(C)C[C@H](C(=O)O)[C@H](Cc1ccc(C[NH+](C)C)c(F)c1)c1nn[nH]n1.O=C([O-])C(F)(F)F. The van der Waals surface area contributed by atoms with E-state index >= 15 is 0 Å². The number of carboxylic acids is 2. The van der Waals surface area contributed by atoms with Gasteiger partial charge in [0.05, 0.1) is 20.0 Å². The van der Waals surface area contributed by atoms with Crippen molar-refractivity contribution in [2.24, 2.45) is 11.8 Å². The number of hydrogen-bond donors (Lipinski definition) is 3. The number of carbonyl (C=O) groups excluding carboxylic acids is 1. The molecule has 33 heavy (non-hydrogen) atoms. The smallest absolute Gasteiger partial charge is 0.430 e. The number of nitrogens with zero attached hydrogens (tertiary/aromatic N) is 3. The van der Waals surface area contributed by atoms with E-state index in [1.165, 1.54) is 6.07 Å². The molecule has 2 rings (SSSR count). The van der Waals surface area contributed by atoms with Crippen LogP contribution >= 0.6 is 0 Å². The van der Waals surface area contributed by atoms with Crippen molar-refractivity contribution in [2.45, 2.75) is 45.3 Å². The van der Waals surface area contributed by atoms with Gasteiger partial charge in [0.2, 0.25) is 0 Å². The summed E-state index contributed by atoms with van der Waals surface area (Å²) < 4.78 is 45.9. The first-order valence-corrected chi connectivity index (χ1v) is 10.0. The fraction of sp³-hybridized carbons (Fsp3) is 0.550. The fourth-order valence-corrected chi connectivity index (χ4v) is 3.18. The molecule has 0 bridgehead atoms. The Hall–Kier alpha value is -3.09. The number of carbonyl (C=O) groups is 2. The van der Waals surface area contributed by atoms with Gasteiger partial charge in [-0.15, -0.1) is 10.2 Å². The Morgan fingerprint density at radius 2 is 1.85 bits per heavy atom. The number of nitrogens with one attached hydrogen (secondary N) is 2. The molecule has 0 aliphatic heterocycles. The molecule has 2 aromatic rings. The second-order valence-electron chi connectivity index (χ2n) is 8.25. The van der Waals surface area contributed by atoms with Crippen molar-refractivity contribution in [3.63, 3.8) is 0 Å². The summed E-state index contributed by atoms with van der Waals surface area (Å²) in [5.41, 5.74) is 1.37. The molecule has 1 aromatic carbocycles. The minimum Gasteiger partial charge on any atom is -0.542 e. The lowest BCUT2D eigenvalue weighted by molar-refractivity contribution is -0.872. The Kier molecular flexibility index (Phi) is 10.4. The summed E-state index contributed by atoms with van der Waals surface area (Å²) in [5, 5.41) is 32.4. The van der Waals surface area contributed by atoms with Crippen molar-refractivity contribution >= 4 is 11.9 Å². The number of quaternary nitrogens is 1.